The molecule has 43 heavy (non-hydrogen) atoms. The minimum absolute atomic E-state index is 0.0407. The Kier molecular flexibility index (Phi) is 10.6. The van der Waals surface area contributed by atoms with E-state index in [9.17, 15) is 18.0 Å². The van der Waals surface area contributed by atoms with Gasteiger partial charge >= 0.3 is 0 Å². The maximum Gasteiger partial charge on any atom is 0.264 e. The number of sulfonamides is 1. The predicted molar refractivity (Wildman–Crippen MR) is 168 cm³/mol. The van der Waals surface area contributed by atoms with Gasteiger partial charge in [0.05, 0.1) is 17.2 Å². The lowest BCUT2D eigenvalue weighted by atomic mass is 10.0. The zero-order chi connectivity index (χ0) is 30.8. The van der Waals surface area contributed by atoms with Crippen LogP contribution < -0.4 is 14.4 Å². The van der Waals surface area contributed by atoms with E-state index in [2.05, 4.69) is 5.32 Å². The van der Waals surface area contributed by atoms with Crippen LogP contribution in [0.3, 0.4) is 0 Å². The molecule has 0 saturated carbocycles. The summed E-state index contributed by atoms with van der Waals surface area (Å²) in [5, 5.41) is 2.69. The minimum Gasteiger partial charge on any atom is -0.492 e. The molecule has 0 heterocycles. The first-order valence-electron chi connectivity index (χ1n) is 14.1. The second-order valence-corrected chi connectivity index (χ2v) is 11.9. The molecular weight excluding hydrogens is 562 g/mol. The number of carbonyl (C=O) groups is 2. The highest BCUT2D eigenvalue weighted by atomic mass is 32.2. The highest BCUT2D eigenvalue weighted by molar-refractivity contribution is 7.92. The van der Waals surface area contributed by atoms with Gasteiger partial charge in [0.2, 0.25) is 11.8 Å². The van der Waals surface area contributed by atoms with Crippen LogP contribution in [0, 0.1) is 6.92 Å². The number of hydrogen-bond acceptors (Lipinski definition) is 5. The molecule has 0 aliphatic rings. The third-order valence-electron chi connectivity index (χ3n) is 7.03. The lowest BCUT2D eigenvalue weighted by molar-refractivity contribution is -0.139. The summed E-state index contributed by atoms with van der Waals surface area (Å²) in [7, 11) is -2.69. The first kappa shape index (κ1) is 31.3. The SMILES string of the molecule is CCOc1ccccc1N(CC(=O)N(Cc1ccccc1)[C@H](Cc1ccccc1)C(=O)NC)S(=O)(=O)c1ccc(C)cc1. The van der Waals surface area contributed by atoms with Gasteiger partial charge in [-0.15, -0.1) is 0 Å². The van der Waals surface area contributed by atoms with Crippen molar-refractivity contribution in [1.29, 1.82) is 0 Å². The summed E-state index contributed by atoms with van der Waals surface area (Å²) in [6.45, 7) is 3.54. The molecule has 1 N–H and O–H groups in total. The Labute approximate surface area is 254 Å². The third kappa shape index (κ3) is 7.81. The molecule has 4 aromatic rings. The van der Waals surface area contributed by atoms with Crippen molar-refractivity contribution in [1.82, 2.24) is 10.2 Å². The molecule has 9 heteroatoms. The number of aryl methyl sites for hydroxylation is 1. The Hall–Kier alpha value is -4.63. The number of hydrogen-bond donors (Lipinski definition) is 1. The van der Waals surface area contributed by atoms with Gasteiger partial charge in [-0.25, -0.2) is 8.42 Å². The molecule has 0 saturated heterocycles. The molecule has 0 unspecified atom stereocenters. The van der Waals surface area contributed by atoms with Crippen LogP contribution in [0.25, 0.3) is 0 Å². The fraction of sp³-hybridized carbons (Fsp3) is 0.235. The molecule has 0 fully saturated rings. The monoisotopic (exact) mass is 599 g/mol. The van der Waals surface area contributed by atoms with Gasteiger partial charge in [0.25, 0.3) is 10.0 Å². The number of amides is 2. The van der Waals surface area contributed by atoms with E-state index in [1.54, 1.807) is 43.3 Å². The number of anilines is 1. The Bertz CT molecular complexity index is 1610. The molecule has 4 rings (SSSR count). The van der Waals surface area contributed by atoms with Crippen LogP contribution in [-0.4, -0.2) is 51.4 Å². The van der Waals surface area contributed by atoms with Crippen LogP contribution in [0.4, 0.5) is 5.69 Å². The molecule has 1 atom stereocenters. The lowest BCUT2D eigenvalue weighted by Gasteiger charge is -2.34. The zero-order valence-electron chi connectivity index (χ0n) is 24.6. The first-order valence-corrected chi connectivity index (χ1v) is 15.6. The smallest absolute Gasteiger partial charge is 0.264 e. The molecule has 2 amide bonds. The predicted octanol–water partition coefficient (Wildman–Crippen LogP) is 4.98. The van der Waals surface area contributed by atoms with E-state index in [1.807, 2.05) is 67.6 Å². The topological polar surface area (TPSA) is 96.0 Å². The van der Waals surface area contributed by atoms with Gasteiger partial charge in [0, 0.05) is 20.0 Å². The maximum atomic E-state index is 14.4. The van der Waals surface area contributed by atoms with E-state index < -0.39 is 28.5 Å². The quantitative estimate of drug-likeness (QED) is 0.234. The molecule has 0 bridgehead atoms. The maximum absolute atomic E-state index is 14.4. The van der Waals surface area contributed by atoms with Crippen LogP contribution in [0.2, 0.25) is 0 Å². The van der Waals surface area contributed by atoms with E-state index in [-0.39, 0.29) is 29.5 Å². The summed E-state index contributed by atoms with van der Waals surface area (Å²) in [5.41, 5.74) is 2.81. The summed E-state index contributed by atoms with van der Waals surface area (Å²) in [6.07, 6.45) is 0.249. The van der Waals surface area contributed by atoms with Crippen molar-refractivity contribution in [2.75, 3.05) is 24.5 Å². The Morgan fingerprint density at radius 1 is 0.814 bits per heavy atom. The van der Waals surface area contributed by atoms with Gasteiger partial charge in [0.1, 0.15) is 18.3 Å². The number of para-hydroxylation sites is 2. The van der Waals surface area contributed by atoms with Gasteiger partial charge in [0.15, 0.2) is 0 Å². The van der Waals surface area contributed by atoms with Gasteiger partial charge in [-0.3, -0.25) is 13.9 Å². The first-order chi connectivity index (χ1) is 20.7. The van der Waals surface area contributed by atoms with E-state index >= 15 is 0 Å². The molecule has 4 aromatic carbocycles. The van der Waals surface area contributed by atoms with E-state index in [0.717, 1.165) is 21.0 Å². The Morgan fingerprint density at radius 3 is 2.00 bits per heavy atom. The average molecular weight is 600 g/mol. The molecule has 224 valence electrons. The Balaban J connectivity index is 1.81. The standard InChI is InChI=1S/C34H37N3O5S/c1-4-42-32-18-12-11-17-30(32)37(43(40,41)29-21-19-26(2)20-22-29)25-33(38)36(24-28-15-9-6-10-16-28)31(34(39)35-3)23-27-13-7-5-8-14-27/h5-22,31H,4,23-25H2,1-3H3,(H,35,39)/t31-/m1/s1. The minimum atomic E-state index is -4.22. The second kappa shape index (κ2) is 14.5. The van der Waals surface area contributed by atoms with Gasteiger partial charge < -0.3 is 15.0 Å². The molecule has 0 spiro atoms. The summed E-state index contributed by atoms with van der Waals surface area (Å²) in [4.78, 5) is 29.2. The fourth-order valence-electron chi connectivity index (χ4n) is 4.79. The van der Waals surface area contributed by atoms with Crippen LogP contribution in [0.1, 0.15) is 23.6 Å². The van der Waals surface area contributed by atoms with Crippen LogP contribution in [0.5, 0.6) is 5.75 Å². The van der Waals surface area contributed by atoms with Crippen molar-refractivity contribution in [3.63, 3.8) is 0 Å². The van der Waals surface area contributed by atoms with E-state index in [4.69, 9.17) is 4.74 Å². The van der Waals surface area contributed by atoms with Crippen molar-refractivity contribution in [3.8, 4) is 5.75 Å². The van der Waals surface area contributed by atoms with Crippen molar-refractivity contribution in [2.24, 2.45) is 0 Å². The van der Waals surface area contributed by atoms with E-state index in [1.165, 1.54) is 24.1 Å². The fourth-order valence-corrected chi connectivity index (χ4v) is 6.22. The molecule has 0 aliphatic heterocycles. The van der Waals surface area contributed by atoms with Gasteiger partial charge in [-0.05, 0) is 49.2 Å². The normalized spacial score (nSPS) is 11.8. The number of rotatable bonds is 13. The number of nitrogens with one attached hydrogen (secondary N) is 1. The third-order valence-corrected chi connectivity index (χ3v) is 8.81. The van der Waals surface area contributed by atoms with Crippen LogP contribution in [-0.2, 0) is 32.6 Å². The van der Waals surface area contributed by atoms with E-state index in [0.29, 0.717) is 12.4 Å². The van der Waals surface area contributed by atoms with Gasteiger partial charge in [-0.2, -0.15) is 0 Å². The number of benzene rings is 4. The van der Waals surface area contributed by atoms with Crippen LogP contribution in [0.15, 0.2) is 114 Å². The number of likely N-dealkylation sites (N-methyl/N-ethyl adjacent to an activating group) is 1. The number of nitrogens with zero attached hydrogens (tertiary/aromatic N) is 2. The molecule has 0 aliphatic carbocycles. The molecular formula is C34H37N3O5S. The lowest BCUT2D eigenvalue weighted by Crippen LogP contribution is -2.53. The second-order valence-electron chi connectivity index (χ2n) is 10.1. The summed E-state index contributed by atoms with van der Waals surface area (Å²) < 4.78 is 35.2. The Morgan fingerprint density at radius 2 is 1.40 bits per heavy atom. The largest absolute Gasteiger partial charge is 0.492 e. The summed E-state index contributed by atoms with van der Waals surface area (Å²) >= 11 is 0. The molecule has 0 aromatic heterocycles. The highest BCUT2D eigenvalue weighted by Gasteiger charge is 2.35. The summed E-state index contributed by atoms with van der Waals surface area (Å²) in [5.74, 6) is -0.554. The summed E-state index contributed by atoms with van der Waals surface area (Å²) in [6, 6.07) is 31.1. The molecule has 0 radical (unpaired) electrons. The van der Waals surface area contributed by atoms with Crippen molar-refractivity contribution >= 4 is 27.5 Å². The number of ether oxygens (including phenoxy) is 1. The zero-order valence-corrected chi connectivity index (χ0v) is 25.5. The number of carbonyl (C=O) groups excluding carboxylic acids is 2. The average Bonchev–Trinajstić information content (AvgIpc) is 3.02. The van der Waals surface area contributed by atoms with Gasteiger partial charge in [-0.1, -0.05) is 90.5 Å². The highest BCUT2D eigenvalue weighted by Crippen LogP contribution is 2.33. The van der Waals surface area contributed by atoms with Crippen LogP contribution >= 0.6 is 0 Å². The van der Waals surface area contributed by atoms with Crippen molar-refractivity contribution in [2.45, 2.75) is 37.8 Å². The van der Waals surface area contributed by atoms with Crippen molar-refractivity contribution < 1.29 is 22.7 Å². The molecule has 8 nitrogen and oxygen atoms in total. The van der Waals surface area contributed by atoms with Crippen molar-refractivity contribution in [3.05, 3.63) is 126 Å².